The van der Waals surface area contributed by atoms with Crippen LogP contribution in [0, 0.1) is 11.3 Å². The van der Waals surface area contributed by atoms with Gasteiger partial charge in [0.15, 0.2) is 0 Å². The summed E-state index contributed by atoms with van der Waals surface area (Å²) in [6.45, 7) is 2.63. The fourth-order valence-electron chi connectivity index (χ4n) is 2.27. The highest BCUT2D eigenvalue weighted by atomic mass is 35.5. The van der Waals surface area contributed by atoms with Gasteiger partial charge in [-0.05, 0) is 31.2 Å². The van der Waals surface area contributed by atoms with Crippen LogP contribution < -0.4 is 0 Å². The van der Waals surface area contributed by atoms with E-state index in [4.69, 9.17) is 21.7 Å². The Kier molecular flexibility index (Phi) is 4.96. The average Bonchev–Trinajstić information content (AvgIpc) is 2.48. The van der Waals surface area contributed by atoms with Crippen LogP contribution in [-0.4, -0.2) is 42.2 Å². The van der Waals surface area contributed by atoms with E-state index in [1.807, 2.05) is 0 Å². The molecule has 1 amide bonds. The fourth-order valence-corrected chi connectivity index (χ4v) is 2.40. The van der Waals surface area contributed by atoms with Crippen molar-refractivity contribution in [3.8, 4) is 0 Å². The summed E-state index contributed by atoms with van der Waals surface area (Å²) in [4.78, 5) is 25.8. The molecule has 0 aromatic heterocycles. The first-order valence-electron chi connectivity index (χ1n) is 6.81. The van der Waals surface area contributed by atoms with Crippen LogP contribution in [0.4, 0.5) is 0 Å². The molecule has 1 aliphatic heterocycles. The number of hydrogen-bond donors (Lipinski definition) is 1. The van der Waals surface area contributed by atoms with Crippen molar-refractivity contribution in [3.05, 3.63) is 34.9 Å². The lowest BCUT2D eigenvalue weighted by atomic mass is 9.95. The van der Waals surface area contributed by atoms with Gasteiger partial charge in [0.05, 0.1) is 6.61 Å². The quantitative estimate of drug-likeness (QED) is 0.872. The lowest BCUT2D eigenvalue weighted by Gasteiger charge is -2.32. The summed E-state index contributed by atoms with van der Waals surface area (Å²) in [6, 6.07) is 6.63. The van der Waals surface area contributed by atoms with Crippen LogP contribution in [0.15, 0.2) is 24.3 Å². The summed E-state index contributed by atoms with van der Waals surface area (Å²) in [5, 5.41) is 8.43. The Balaban J connectivity index is 2.10. The van der Waals surface area contributed by atoms with Crippen LogP contribution in [-0.2, 0) is 9.53 Å². The van der Waals surface area contributed by atoms with Crippen molar-refractivity contribution in [2.45, 2.75) is 13.3 Å². The first-order chi connectivity index (χ1) is 10.0. The number of esters is 1. The topological polar surface area (TPSA) is 70.5 Å². The summed E-state index contributed by atoms with van der Waals surface area (Å²) >= 11 is 5.81. The molecule has 0 spiro atoms. The molecule has 0 saturated carbocycles. The van der Waals surface area contributed by atoms with E-state index in [0.29, 0.717) is 29.3 Å². The van der Waals surface area contributed by atoms with Crippen molar-refractivity contribution in [3.63, 3.8) is 0 Å². The molecule has 1 unspecified atom stereocenters. The van der Waals surface area contributed by atoms with Gasteiger partial charge in [0.2, 0.25) is 0 Å². The minimum Gasteiger partial charge on any atom is -0.465 e. The zero-order valence-corrected chi connectivity index (χ0v) is 12.5. The van der Waals surface area contributed by atoms with Gasteiger partial charge in [-0.15, -0.1) is 0 Å². The van der Waals surface area contributed by atoms with E-state index in [1.54, 1.807) is 36.1 Å². The lowest BCUT2D eigenvalue weighted by Crippen LogP contribution is -2.47. The minimum absolute atomic E-state index is 0.159. The number of hydrogen-bond acceptors (Lipinski definition) is 4. The van der Waals surface area contributed by atoms with Gasteiger partial charge in [0.25, 0.3) is 5.91 Å². The maximum absolute atomic E-state index is 12.4. The lowest BCUT2D eigenvalue weighted by molar-refractivity contribution is -0.146. The third-order valence-corrected chi connectivity index (χ3v) is 3.68. The summed E-state index contributed by atoms with van der Waals surface area (Å²) < 4.78 is 4.97. The summed E-state index contributed by atoms with van der Waals surface area (Å²) in [6.07, 6.45) is 0.392. The van der Waals surface area contributed by atoms with Crippen molar-refractivity contribution in [1.82, 2.24) is 4.90 Å². The Labute approximate surface area is 128 Å². The standard InChI is InChI=1S/C15H17ClN2O3/c1-2-21-15(20)12-9-18(8-7-13(12)17)14(19)10-3-5-11(16)6-4-10/h3-6,12,17H,2,7-9H2,1H3. The Hall–Kier alpha value is -1.88. The molecule has 112 valence electrons. The summed E-state index contributed by atoms with van der Waals surface area (Å²) in [5.41, 5.74) is 0.851. The number of halogens is 1. The first kappa shape index (κ1) is 15.5. The number of carbonyl (C=O) groups excluding carboxylic acids is 2. The molecule has 21 heavy (non-hydrogen) atoms. The van der Waals surface area contributed by atoms with E-state index in [2.05, 4.69) is 0 Å². The third-order valence-electron chi connectivity index (χ3n) is 3.42. The molecule has 1 saturated heterocycles. The molecule has 0 radical (unpaired) electrons. The first-order valence-corrected chi connectivity index (χ1v) is 7.19. The smallest absolute Gasteiger partial charge is 0.316 e. The summed E-state index contributed by atoms with van der Waals surface area (Å²) in [7, 11) is 0. The summed E-state index contributed by atoms with van der Waals surface area (Å²) in [5.74, 6) is -1.25. The van der Waals surface area contributed by atoms with Gasteiger partial charge < -0.3 is 15.0 Å². The van der Waals surface area contributed by atoms with Crippen LogP contribution in [0.3, 0.4) is 0 Å². The Morgan fingerprint density at radius 1 is 1.38 bits per heavy atom. The Bertz CT molecular complexity index is 557. The predicted molar refractivity (Wildman–Crippen MR) is 79.8 cm³/mol. The maximum atomic E-state index is 12.4. The van der Waals surface area contributed by atoms with Gasteiger partial charge in [0, 0.05) is 35.8 Å². The van der Waals surface area contributed by atoms with Crippen molar-refractivity contribution >= 4 is 29.2 Å². The molecule has 6 heteroatoms. The Morgan fingerprint density at radius 2 is 2.05 bits per heavy atom. The predicted octanol–water partition coefficient (Wildman–Crippen LogP) is 2.38. The van der Waals surface area contributed by atoms with Gasteiger partial charge in [-0.2, -0.15) is 0 Å². The number of likely N-dealkylation sites (tertiary alicyclic amines) is 1. The van der Waals surface area contributed by atoms with E-state index in [1.165, 1.54) is 0 Å². The molecule has 2 rings (SSSR count). The number of nitrogens with one attached hydrogen (secondary N) is 1. The zero-order chi connectivity index (χ0) is 15.4. The van der Waals surface area contributed by atoms with Gasteiger partial charge in [0.1, 0.15) is 5.92 Å². The van der Waals surface area contributed by atoms with Crippen LogP contribution in [0.1, 0.15) is 23.7 Å². The van der Waals surface area contributed by atoms with Gasteiger partial charge in [-0.25, -0.2) is 0 Å². The highest BCUT2D eigenvalue weighted by Crippen LogP contribution is 2.18. The number of rotatable bonds is 3. The second-order valence-corrected chi connectivity index (χ2v) is 5.27. The normalized spacial score (nSPS) is 18.5. The third kappa shape index (κ3) is 3.61. The second-order valence-electron chi connectivity index (χ2n) is 4.84. The highest BCUT2D eigenvalue weighted by Gasteiger charge is 2.33. The molecule has 1 aliphatic rings. The number of carbonyl (C=O) groups is 2. The van der Waals surface area contributed by atoms with Crippen LogP contribution in [0.25, 0.3) is 0 Å². The largest absolute Gasteiger partial charge is 0.465 e. The number of benzene rings is 1. The van der Waals surface area contributed by atoms with Crippen molar-refractivity contribution in [2.24, 2.45) is 5.92 Å². The van der Waals surface area contributed by atoms with E-state index >= 15 is 0 Å². The van der Waals surface area contributed by atoms with E-state index < -0.39 is 11.9 Å². The van der Waals surface area contributed by atoms with E-state index in [9.17, 15) is 9.59 Å². The van der Waals surface area contributed by atoms with Gasteiger partial charge in [-0.1, -0.05) is 11.6 Å². The molecular weight excluding hydrogens is 292 g/mol. The van der Waals surface area contributed by atoms with Crippen LogP contribution in [0.2, 0.25) is 5.02 Å². The molecule has 0 bridgehead atoms. The molecule has 0 aliphatic carbocycles. The maximum Gasteiger partial charge on any atom is 0.316 e. The van der Waals surface area contributed by atoms with Gasteiger partial charge >= 0.3 is 5.97 Å². The Morgan fingerprint density at radius 3 is 2.67 bits per heavy atom. The average molecular weight is 309 g/mol. The zero-order valence-electron chi connectivity index (χ0n) is 11.8. The van der Waals surface area contributed by atoms with Gasteiger partial charge in [-0.3, -0.25) is 9.59 Å². The SMILES string of the molecule is CCOC(=O)C1CN(C(=O)c2ccc(Cl)cc2)CCC1=N. The molecule has 1 fully saturated rings. The minimum atomic E-state index is -0.657. The molecule has 5 nitrogen and oxygen atoms in total. The fraction of sp³-hybridized carbons (Fsp3) is 0.400. The number of amides is 1. The number of ether oxygens (including phenoxy) is 1. The monoisotopic (exact) mass is 308 g/mol. The van der Waals surface area contributed by atoms with Crippen molar-refractivity contribution < 1.29 is 14.3 Å². The van der Waals surface area contributed by atoms with Crippen LogP contribution >= 0.6 is 11.6 Å². The van der Waals surface area contributed by atoms with E-state index in [0.717, 1.165) is 0 Å². The van der Waals surface area contributed by atoms with Crippen molar-refractivity contribution in [2.75, 3.05) is 19.7 Å². The number of nitrogens with zero attached hydrogens (tertiary/aromatic N) is 1. The second kappa shape index (κ2) is 6.72. The molecule has 1 aromatic carbocycles. The molecule has 1 N–H and O–H groups in total. The van der Waals surface area contributed by atoms with Crippen LogP contribution in [0.5, 0.6) is 0 Å². The highest BCUT2D eigenvalue weighted by molar-refractivity contribution is 6.30. The molecular formula is C15H17ClN2O3. The molecule has 1 atom stereocenters. The van der Waals surface area contributed by atoms with E-state index in [-0.39, 0.29) is 19.1 Å². The van der Waals surface area contributed by atoms with Crippen molar-refractivity contribution in [1.29, 1.82) is 5.41 Å². The molecule has 1 aromatic rings. The number of piperidine rings is 1. The molecule has 1 heterocycles.